The van der Waals surface area contributed by atoms with Crippen LogP contribution in [0.15, 0.2) is 36.5 Å². The van der Waals surface area contributed by atoms with Gasteiger partial charge in [0, 0.05) is 16.7 Å². The first-order valence-electron chi connectivity index (χ1n) is 5.72. The average molecular weight is 282 g/mol. The minimum Gasteiger partial charge on any atom is -0.478 e. The normalized spacial score (nSPS) is 10.7. The fraction of sp³-hybridized carbons (Fsp3) is 0.357. The Morgan fingerprint density at radius 2 is 0.950 bits per heavy atom. The molecule has 6 heteroatoms. The van der Waals surface area contributed by atoms with Gasteiger partial charge in [-0.3, -0.25) is 0 Å². The van der Waals surface area contributed by atoms with Crippen molar-refractivity contribution in [3.8, 4) is 0 Å². The van der Waals surface area contributed by atoms with Crippen LogP contribution < -0.4 is 0 Å². The minimum absolute atomic E-state index is 0.0546. The highest BCUT2D eigenvalue weighted by Gasteiger charge is 2.31. The van der Waals surface area contributed by atoms with E-state index in [1.54, 1.807) is 6.92 Å². The van der Waals surface area contributed by atoms with E-state index in [-0.39, 0.29) is 36.0 Å². The van der Waals surface area contributed by atoms with Crippen LogP contribution in [0.2, 0.25) is 0 Å². The molecule has 0 atom stereocenters. The number of rotatable bonds is 9. The van der Waals surface area contributed by atoms with E-state index < -0.39 is 23.3 Å². The average Bonchev–Trinajstić information content (AvgIpc) is 2.27. The van der Waals surface area contributed by atoms with Gasteiger partial charge < -0.3 is 15.3 Å². The Balaban J connectivity index is 5.21. The van der Waals surface area contributed by atoms with E-state index in [0.29, 0.717) is 0 Å². The molecule has 0 saturated carbocycles. The Morgan fingerprint density at radius 1 is 0.750 bits per heavy atom. The molecule has 0 aromatic carbocycles. The zero-order chi connectivity index (χ0) is 16.1. The number of hydrogen-bond donors (Lipinski definition) is 3. The van der Waals surface area contributed by atoms with Gasteiger partial charge >= 0.3 is 17.9 Å². The van der Waals surface area contributed by atoms with Crippen LogP contribution in [-0.2, 0) is 14.4 Å². The largest absolute Gasteiger partial charge is 0.478 e. The van der Waals surface area contributed by atoms with Crippen LogP contribution in [0.5, 0.6) is 0 Å². The van der Waals surface area contributed by atoms with E-state index in [9.17, 15) is 14.4 Å². The van der Waals surface area contributed by atoms with Gasteiger partial charge in [0.25, 0.3) is 0 Å². The van der Waals surface area contributed by atoms with Crippen LogP contribution in [0.4, 0.5) is 0 Å². The van der Waals surface area contributed by atoms with Crippen LogP contribution in [0, 0.1) is 5.41 Å². The molecule has 0 aliphatic heterocycles. The third kappa shape index (κ3) is 5.51. The van der Waals surface area contributed by atoms with E-state index in [0.717, 1.165) is 0 Å². The maximum Gasteiger partial charge on any atom is 0.330 e. The highest BCUT2D eigenvalue weighted by atomic mass is 16.4. The Kier molecular flexibility index (Phi) is 5.90. The molecule has 0 amide bonds. The van der Waals surface area contributed by atoms with E-state index in [1.807, 2.05) is 0 Å². The van der Waals surface area contributed by atoms with Crippen LogP contribution >= 0.6 is 0 Å². The van der Waals surface area contributed by atoms with Gasteiger partial charge in [-0.15, -0.1) is 0 Å². The third-order valence-corrected chi connectivity index (χ3v) is 2.83. The van der Waals surface area contributed by atoms with Crippen molar-refractivity contribution in [1.29, 1.82) is 0 Å². The summed E-state index contributed by atoms with van der Waals surface area (Å²) in [5.74, 6) is -3.63. The van der Waals surface area contributed by atoms with E-state index >= 15 is 0 Å². The maximum absolute atomic E-state index is 10.8. The summed E-state index contributed by atoms with van der Waals surface area (Å²) < 4.78 is 0. The number of carboxylic acid groups (broad SMARTS) is 3. The van der Waals surface area contributed by atoms with Gasteiger partial charge in [-0.25, -0.2) is 14.4 Å². The molecule has 0 rings (SSSR count). The molecule has 0 bridgehead atoms. The molecule has 0 radical (unpaired) electrons. The van der Waals surface area contributed by atoms with Gasteiger partial charge in [-0.1, -0.05) is 26.7 Å². The van der Waals surface area contributed by atoms with Crippen molar-refractivity contribution in [2.45, 2.75) is 26.2 Å². The molecular formula is C14H18O6. The standard InChI is InChI=1S/C14H18O6/c1-8(11(15)16)5-14(4,6-9(2)12(17)18)7-10(3)13(19)20/h1-3,5-7H2,4H3,(H,15,16)(H,17,18)(H,19,20). The molecule has 6 nitrogen and oxygen atoms in total. The Bertz CT molecular complexity index is 417. The summed E-state index contributed by atoms with van der Waals surface area (Å²) >= 11 is 0. The van der Waals surface area contributed by atoms with Gasteiger partial charge in [0.1, 0.15) is 0 Å². The first-order valence-corrected chi connectivity index (χ1v) is 5.72. The Morgan fingerprint density at radius 3 is 1.10 bits per heavy atom. The highest BCUT2D eigenvalue weighted by Crippen LogP contribution is 2.38. The van der Waals surface area contributed by atoms with E-state index in [1.165, 1.54) is 0 Å². The second-order valence-corrected chi connectivity index (χ2v) is 5.07. The second kappa shape index (κ2) is 6.70. The summed E-state index contributed by atoms with van der Waals surface area (Å²) in [4.78, 5) is 32.5. The van der Waals surface area contributed by atoms with Crippen LogP contribution in [0.3, 0.4) is 0 Å². The van der Waals surface area contributed by atoms with Crippen molar-refractivity contribution in [1.82, 2.24) is 0 Å². The predicted molar refractivity (Wildman–Crippen MR) is 72.3 cm³/mol. The monoisotopic (exact) mass is 282 g/mol. The Labute approximate surface area is 116 Å². The van der Waals surface area contributed by atoms with Gasteiger partial charge in [0.2, 0.25) is 0 Å². The van der Waals surface area contributed by atoms with Crippen molar-refractivity contribution >= 4 is 17.9 Å². The SMILES string of the molecule is C=C(CC(C)(CC(=C)C(=O)O)CC(=C)C(=O)O)C(=O)O. The molecule has 0 fully saturated rings. The van der Waals surface area contributed by atoms with Gasteiger partial charge in [0.15, 0.2) is 0 Å². The molecule has 0 saturated heterocycles. The molecule has 0 aliphatic rings. The fourth-order valence-corrected chi connectivity index (χ4v) is 1.96. The lowest BCUT2D eigenvalue weighted by atomic mass is 9.74. The minimum atomic E-state index is -1.21. The summed E-state index contributed by atoms with van der Waals surface area (Å²) in [6.45, 7) is 11.8. The molecule has 0 aromatic heterocycles. The zero-order valence-electron chi connectivity index (χ0n) is 11.3. The summed E-state index contributed by atoms with van der Waals surface area (Å²) in [6, 6.07) is 0. The maximum atomic E-state index is 10.8. The Hall–Kier alpha value is -2.37. The van der Waals surface area contributed by atoms with Crippen LogP contribution in [0.25, 0.3) is 0 Å². The quantitative estimate of drug-likeness (QED) is 0.558. The van der Waals surface area contributed by atoms with Crippen LogP contribution in [0.1, 0.15) is 26.2 Å². The molecule has 0 unspecified atom stereocenters. The fourth-order valence-electron chi connectivity index (χ4n) is 1.96. The third-order valence-electron chi connectivity index (χ3n) is 2.83. The molecule has 20 heavy (non-hydrogen) atoms. The van der Waals surface area contributed by atoms with E-state index in [4.69, 9.17) is 15.3 Å². The number of carboxylic acids is 3. The summed E-state index contributed by atoms with van der Waals surface area (Å²) in [5, 5.41) is 26.6. The molecule has 0 heterocycles. The smallest absolute Gasteiger partial charge is 0.330 e. The summed E-state index contributed by atoms with van der Waals surface area (Å²) in [5.41, 5.74) is -1.29. The number of carbonyl (C=O) groups is 3. The molecular weight excluding hydrogens is 264 g/mol. The first kappa shape index (κ1) is 17.6. The van der Waals surface area contributed by atoms with Crippen molar-refractivity contribution in [2.75, 3.05) is 0 Å². The summed E-state index contributed by atoms with van der Waals surface area (Å²) in [7, 11) is 0. The molecule has 0 aromatic rings. The second-order valence-electron chi connectivity index (χ2n) is 5.07. The van der Waals surface area contributed by atoms with Crippen LogP contribution in [-0.4, -0.2) is 33.2 Å². The molecule has 0 spiro atoms. The zero-order valence-corrected chi connectivity index (χ0v) is 11.3. The van der Waals surface area contributed by atoms with Crippen molar-refractivity contribution < 1.29 is 29.7 Å². The summed E-state index contributed by atoms with van der Waals surface area (Å²) in [6.07, 6.45) is -0.164. The van der Waals surface area contributed by atoms with Gasteiger partial charge in [-0.2, -0.15) is 0 Å². The number of aliphatic carboxylic acids is 3. The molecule has 0 aliphatic carbocycles. The van der Waals surface area contributed by atoms with Gasteiger partial charge in [0.05, 0.1) is 0 Å². The highest BCUT2D eigenvalue weighted by molar-refractivity contribution is 5.88. The lowest BCUT2D eigenvalue weighted by molar-refractivity contribution is -0.133. The van der Waals surface area contributed by atoms with Crippen molar-refractivity contribution in [3.05, 3.63) is 36.5 Å². The molecule has 3 N–H and O–H groups in total. The van der Waals surface area contributed by atoms with E-state index in [2.05, 4.69) is 19.7 Å². The first-order chi connectivity index (χ1) is 8.98. The van der Waals surface area contributed by atoms with Gasteiger partial charge in [-0.05, 0) is 24.7 Å². The predicted octanol–water partition coefficient (Wildman–Crippen LogP) is 2.09. The molecule has 110 valence electrons. The lowest BCUT2D eigenvalue weighted by Gasteiger charge is -2.30. The van der Waals surface area contributed by atoms with Crippen molar-refractivity contribution in [2.24, 2.45) is 5.41 Å². The lowest BCUT2D eigenvalue weighted by Crippen LogP contribution is -2.24. The topological polar surface area (TPSA) is 112 Å². The number of hydrogen-bond acceptors (Lipinski definition) is 3. The van der Waals surface area contributed by atoms with Crippen molar-refractivity contribution in [3.63, 3.8) is 0 Å².